The Morgan fingerprint density at radius 2 is 1.89 bits per heavy atom. The molecule has 0 heterocycles. The van der Waals surface area contributed by atoms with Gasteiger partial charge in [-0.25, -0.2) is 0 Å². The summed E-state index contributed by atoms with van der Waals surface area (Å²) in [4.78, 5) is 2.44. The second-order valence-electron chi connectivity index (χ2n) is 5.62. The van der Waals surface area contributed by atoms with Crippen LogP contribution in [0.25, 0.3) is 0 Å². The summed E-state index contributed by atoms with van der Waals surface area (Å²) in [6.07, 6.45) is 5.66. The standard InChI is InChI=1S/C16H26N2/c1-17-16(15-10-6-7-11-15)13-18(2)12-14-8-4-3-5-9-14/h3-5,8-9,15-17H,6-7,10-13H2,1-2H3. The minimum absolute atomic E-state index is 0.654. The van der Waals surface area contributed by atoms with Gasteiger partial charge in [-0.15, -0.1) is 0 Å². The van der Waals surface area contributed by atoms with E-state index in [1.165, 1.54) is 31.2 Å². The molecule has 0 amide bonds. The Kier molecular flexibility index (Phi) is 5.21. The Labute approximate surface area is 111 Å². The summed E-state index contributed by atoms with van der Waals surface area (Å²) in [5.41, 5.74) is 1.40. The van der Waals surface area contributed by atoms with Crippen molar-refractivity contribution in [3.05, 3.63) is 35.9 Å². The van der Waals surface area contributed by atoms with Crippen LogP contribution in [0.2, 0.25) is 0 Å². The first kappa shape index (κ1) is 13.6. The molecule has 0 saturated heterocycles. The highest BCUT2D eigenvalue weighted by atomic mass is 15.1. The van der Waals surface area contributed by atoms with Crippen molar-refractivity contribution in [1.29, 1.82) is 0 Å². The van der Waals surface area contributed by atoms with E-state index in [-0.39, 0.29) is 0 Å². The van der Waals surface area contributed by atoms with Gasteiger partial charge in [-0.05, 0) is 38.4 Å². The van der Waals surface area contributed by atoms with Crippen LogP contribution < -0.4 is 5.32 Å². The van der Waals surface area contributed by atoms with Crippen molar-refractivity contribution in [2.75, 3.05) is 20.6 Å². The van der Waals surface area contributed by atoms with Gasteiger partial charge in [0.15, 0.2) is 0 Å². The zero-order valence-electron chi connectivity index (χ0n) is 11.7. The van der Waals surface area contributed by atoms with Crippen LogP contribution in [0.1, 0.15) is 31.2 Å². The molecule has 2 heteroatoms. The molecule has 1 atom stereocenters. The Morgan fingerprint density at radius 3 is 2.50 bits per heavy atom. The highest BCUT2D eigenvalue weighted by molar-refractivity contribution is 5.14. The van der Waals surface area contributed by atoms with Crippen LogP contribution in [0.3, 0.4) is 0 Å². The third-order valence-electron chi connectivity index (χ3n) is 4.14. The van der Waals surface area contributed by atoms with Gasteiger partial charge in [-0.3, -0.25) is 0 Å². The van der Waals surface area contributed by atoms with Gasteiger partial charge in [-0.1, -0.05) is 43.2 Å². The van der Waals surface area contributed by atoms with Crippen LogP contribution in [0.5, 0.6) is 0 Å². The van der Waals surface area contributed by atoms with Gasteiger partial charge < -0.3 is 10.2 Å². The van der Waals surface area contributed by atoms with E-state index < -0.39 is 0 Å². The summed E-state index contributed by atoms with van der Waals surface area (Å²) in [6.45, 7) is 2.20. The zero-order chi connectivity index (χ0) is 12.8. The first-order valence-electron chi connectivity index (χ1n) is 7.19. The normalized spacial score (nSPS) is 18.4. The fourth-order valence-corrected chi connectivity index (χ4v) is 3.13. The van der Waals surface area contributed by atoms with Crippen molar-refractivity contribution in [1.82, 2.24) is 10.2 Å². The highest BCUT2D eigenvalue weighted by Crippen LogP contribution is 2.28. The molecule has 1 aliphatic rings. The molecular formula is C16H26N2. The van der Waals surface area contributed by atoms with Crippen LogP contribution >= 0.6 is 0 Å². The highest BCUT2D eigenvalue weighted by Gasteiger charge is 2.24. The molecule has 1 saturated carbocycles. The van der Waals surface area contributed by atoms with E-state index in [9.17, 15) is 0 Å². The molecule has 1 aromatic rings. The van der Waals surface area contributed by atoms with Crippen LogP contribution in [-0.2, 0) is 6.54 Å². The molecule has 0 radical (unpaired) electrons. The molecule has 0 aromatic heterocycles. The number of nitrogens with one attached hydrogen (secondary N) is 1. The maximum Gasteiger partial charge on any atom is 0.0231 e. The Bertz CT molecular complexity index is 330. The van der Waals surface area contributed by atoms with Gasteiger partial charge in [0.25, 0.3) is 0 Å². The van der Waals surface area contributed by atoms with Crippen LogP contribution in [0.4, 0.5) is 0 Å². The summed E-state index contributed by atoms with van der Waals surface area (Å²) in [6, 6.07) is 11.4. The monoisotopic (exact) mass is 246 g/mol. The molecule has 100 valence electrons. The lowest BCUT2D eigenvalue weighted by molar-refractivity contribution is 0.243. The molecule has 2 rings (SSSR count). The molecule has 2 nitrogen and oxygen atoms in total. The van der Waals surface area contributed by atoms with Crippen LogP contribution in [-0.4, -0.2) is 31.6 Å². The number of hydrogen-bond donors (Lipinski definition) is 1. The Balaban J connectivity index is 1.83. The fourth-order valence-electron chi connectivity index (χ4n) is 3.13. The fraction of sp³-hybridized carbons (Fsp3) is 0.625. The van der Waals surface area contributed by atoms with Gasteiger partial charge in [0.05, 0.1) is 0 Å². The minimum atomic E-state index is 0.654. The predicted molar refractivity (Wildman–Crippen MR) is 77.6 cm³/mol. The second-order valence-corrected chi connectivity index (χ2v) is 5.62. The smallest absolute Gasteiger partial charge is 0.0231 e. The lowest BCUT2D eigenvalue weighted by Crippen LogP contribution is -2.41. The lowest BCUT2D eigenvalue weighted by atomic mass is 9.98. The molecule has 18 heavy (non-hydrogen) atoms. The molecule has 1 fully saturated rings. The molecule has 1 aromatic carbocycles. The maximum atomic E-state index is 3.52. The number of nitrogens with zero attached hydrogens (tertiary/aromatic N) is 1. The number of likely N-dealkylation sites (N-methyl/N-ethyl adjacent to an activating group) is 2. The summed E-state index contributed by atoms with van der Waals surface area (Å²) in [5.74, 6) is 0.883. The van der Waals surface area contributed by atoms with Gasteiger partial charge in [0, 0.05) is 19.1 Å². The van der Waals surface area contributed by atoms with Crippen molar-refractivity contribution in [3.63, 3.8) is 0 Å². The van der Waals surface area contributed by atoms with Crippen molar-refractivity contribution in [2.45, 2.75) is 38.3 Å². The third-order valence-corrected chi connectivity index (χ3v) is 4.14. The number of benzene rings is 1. The molecule has 0 bridgehead atoms. The first-order valence-corrected chi connectivity index (χ1v) is 7.19. The summed E-state index contributed by atoms with van der Waals surface area (Å²) in [5, 5.41) is 3.52. The van der Waals surface area contributed by atoms with Crippen molar-refractivity contribution in [3.8, 4) is 0 Å². The van der Waals surface area contributed by atoms with Gasteiger partial charge >= 0.3 is 0 Å². The average Bonchev–Trinajstić information content (AvgIpc) is 2.91. The molecule has 0 spiro atoms. The van der Waals surface area contributed by atoms with Gasteiger partial charge in [0.2, 0.25) is 0 Å². The minimum Gasteiger partial charge on any atom is -0.315 e. The number of hydrogen-bond acceptors (Lipinski definition) is 2. The summed E-state index contributed by atoms with van der Waals surface area (Å²) >= 11 is 0. The SMILES string of the molecule is CNC(CN(C)Cc1ccccc1)C1CCCC1. The average molecular weight is 246 g/mol. The first-order chi connectivity index (χ1) is 8.79. The van der Waals surface area contributed by atoms with Crippen LogP contribution in [0, 0.1) is 5.92 Å². The van der Waals surface area contributed by atoms with E-state index in [0.717, 1.165) is 19.0 Å². The van der Waals surface area contributed by atoms with Crippen molar-refractivity contribution >= 4 is 0 Å². The lowest BCUT2D eigenvalue weighted by Gasteiger charge is -2.28. The molecule has 1 unspecified atom stereocenters. The molecule has 1 N–H and O–H groups in total. The largest absolute Gasteiger partial charge is 0.315 e. The maximum absolute atomic E-state index is 3.52. The summed E-state index contributed by atoms with van der Waals surface area (Å²) in [7, 11) is 4.34. The van der Waals surface area contributed by atoms with E-state index in [1.54, 1.807) is 0 Å². The number of rotatable bonds is 6. The van der Waals surface area contributed by atoms with E-state index >= 15 is 0 Å². The van der Waals surface area contributed by atoms with Crippen molar-refractivity contribution in [2.24, 2.45) is 5.92 Å². The van der Waals surface area contributed by atoms with Crippen LogP contribution in [0.15, 0.2) is 30.3 Å². The molecule has 0 aliphatic heterocycles. The third kappa shape index (κ3) is 3.82. The van der Waals surface area contributed by atoms with Gasteiger partial charge in [0.1, 0.15) is 0 Å². The zero-order valence-corrected chi connectivity index (χ0v) is 11.7. The molecule has 1 aliphatic carbocycles. The Hall–Kier alpha value is -0.860. The summed E-state index contributed by atoms with van der Waals surface area (Å²) < 4.78 is 0. The predicted octanol–water partition coefficient (Wildman–Crippen LogP) is 2.90. The van der Waals surface area contributed by atoms with Crippen molar-refractivity contribution < 1.29 is 0 Å². The van der Waals surface area contributed by atoms with E-state index in [0.29, 0.717) is 6.04 Å². The Morgan fingerprint density at radius 1 is 1.22 bits per heavy atom. The van der Waals surface area contributed by atoms with E-state index in [4.69, 9.17) is 0 Å². The molecular weight excluding hydrogens is 220 g/mol. The van der Waals surface area contributed by atoms with E-state index in [1.807, 2.05) is 0 Å². The topological polar surface area (TPSA) is 15.3 Å². The van der Waals surface area contributed by atoms with E-state index in [2.05, 4.69) is 54.6 Å². The second kappa shape index (κ2) is 6.91. The van der Waals surface area contributed by atoms with Gasteiger partial charge in [-0.2, -0.15) is 0 Å². The quantitative estimate of drug-likeness (QED) is 0.830.